The molecule has 2 nitrogen and oxygen atoms in total. The number of nitrogens with one attached hydrogen (secondary N) is 1. The number of benzene rings is 1. The number of H-pyrrole nitrogens is 1. The van der Waals surface area contributed by atoms with E-state index in [0.29, 0.717) is 9.66 Å². The maximum Gasteiger partial charge on any atom is 0.130 e. The number of nitrogens with zero attached hydrogens (tertiary/aromatic N) is 1. The predicted octanol–water partition coefficient (Wildman–Crippen LogP) is 3.77. The molecule has 15 heavy (non-hydrogen) atoms. The first-order valence-corrected chi connectivity index (χ1v) is 5.28. The maximum absolute atomic E-state index is 6.09. The van der Waals surface area contributed by atoms with Gasteiger partial charge in [-0.05, 0) is 19.1 Å². The van der Waals surface area contributed by atoms with Gasteiger partial charge in [-0.3, -0.25) is 0 Å². The number of halogens is 1. The third-order valence-electron chi connectivity index (χ3n) is 2.03. The Morgan fingerprint density at radius 1 is 1.33 bits per heavy atom. The Kier molecular flexibility index (Phi) is 2.84. The molecule has 0 amide bonds. The SMILES string of the molecule is Cc1nc(=S)cc(-c2ccccc2Cl)[nH]1. The zero-order chi connectivity index (χ0) is 10.8. The summed E-state index contributed by atoms with van der Waals surface area (Å²) >= 11 is 11.1. The second kappa shape index (κ2) is 4.13. The molecule has 1 aromatic carbocycles. The van der Waals surface area contributed by atoms with Crippen molar-refractivity contribution in [3.05, 3.63) is 45.8 Å². The van der Waals surface area contributed by atoms with Crippen LogP contribution < -0.4 is 0 Å². The zero-order valence-corrected chi connectivity index (χ0v) is 9.69. The van der Waals surface area contributed by atoms with Crippen LogP contribution in [0.1, 0.15) is 5.82 Å². The van der Waals surface area contributed by atoms with Crippen molar-refractivity contribution in [2.75, 3.05) is 0 Å². The quantitative estimate of drug-likeness (QED) is 0.764. The summed E-state index contributed by atoms with van der Waals surface area (Å²) < 4.78 is 0.571. The lowest BCUT2D eigenvalue weighted by molar-refractivity contribution is 1.05. The monoisotopic (exact) mass is 236 g/mol. The molecule has 0 aliphatic rings. The molecule has 1 N–H and O–H groups in total. The lowest BCUT2D eigenvalue weighted by atomic mass is 10.1. The van der Waals surface area contributed by atoms with Crippen molar-refractivity contribution in [3.8, 4) is 11.3 Å². The largest absolute Gasteiger partial charge is 0.343 e. The zero-order valence-electron chi connectivity index (χ0n) is 8.12. The third kappa shape index (κ3) is 2.25. The van der Waals surface area contributed by atoms with Gasteiger partial charge in [0.2, 0.25) is 0 Å². The van der Waals surface area contributed by atoms with E-state index >= 15 is 0 Å². The second-order valence-corrected chi connectivity index (χ2v) is 4.02. The normalized spacial score (nSPS) is 10.3. The average Bonchev–Trinajstić information content (AvgIpc) is 2.16. The summed E-state index contributed by atoms with van der Waals surface area (Å²) in [5.74, 6) is 0.789. The molecule has 2 aromatic rings. The first-order chi connectivity index (χ1) is 7.16. The molecule has 0 bridgehead atoms. The molecule has 0 unspecified atom stereocenters. The van der Waals surface area contributed by atoms with Gasteiger partial charge in [-0.25, -0.2) is 4.98 Å². The van der Waals surface area contributed by atoms with Crippen LogP contribution in [0.15, 0.2) is 30.3 Å². The summed E-state index contributed by atoms with van der Waals surface area (Å²) in [6, 6.07) is 9.44. The Morgan fingerprint density at radius 2 is 2.07 bits per heavy atom. The summed E-state index contributed by atoms with van der Waals surface area (Å²) in [6.45, 7) is 1.87. The van der Waals surface area contributed by atoms with E-state index < -0.39 is 0 Å². The minimum Gasteiger partial charge on any atom is -0.343 e. The van der Waals surface area contributed by atoms with Crippen molar-refractivity contribution < 1.29 is 0 Å². The number of hydrogen-bond acceptors (Lipinski definition) is 2. The van der Waals surface area contributed by atoms with Crippen LogP contribution in [0.5, 0.6) is 0 Å². The molecule has 0 saturated heterocycles. The number of rotatable bonds is 1. The Hall–Kier alpha value is -1.19. The molecular weight excluding hydrogens is 228 g/mol. The Morgan fingerprint density at radius 3 is 2.73 bits per heavy atom. The third-order valence-corrected chi connectivity index (χ3v) is 2.56. The average molecular weight is 237 g/mol. The summed E-state index contributed by atoms with van der Waals surface area (Å²) in [5, 5.41) is 0.703. The van der Waals surface area contributed by atoms with Gasteiger partial charge in [-0.15, -0.1) is 0 Å². The Labute approximate surface area is 98.0 Å². The van der Waals surface area contributed by atoms with E-state index in [2.05, 4.69) is 9.97 Å². The van der Waals surface area contributed by atoms with Gasteiger partial charge < -0.3 is 4.98 Å². The molecule has 4 heteroatoms. The van der Waals surface area contributed by atoms with E-state index in [1.54, 1.807) is 0 Å². The minimum atomic E-state index is 0.571. The molecule has 1 aromatic heterocycles. The van der Waals surface area contributed by atoms with Crippen LogP contribution in [0.2, 0.25) is 5.02 Å². The van der Waals surface area contributed by atoms with Crippen molar-refractivity contribution in [3.63, 3.8) is 0 Å². The van der Waals surface area contributed by atoms with Crippen molar-refractivity contribution in [2.24, 2.45) is 0 Å². The molecule has 76 valence electrons. The standard InChI is InChI=1S/C11H9ClN2S/c1-7-13-10(6-11(15)14-7)8-4-2-3-5-9(8)12/h2-6H,1H3,(H,13,14,15). The molecule has 0 aliphatic carbocycles. The number of aromatic amines is 1. The van der Waals surface area contributed by atoms with Gasteiger partial charge in [0.15, 0.2) is 0 Å². The van der Waals surface area contributed by atoms with Crippen LogP contribution in [-0.4, -0.2) is 9.97 Å². The number of hydrogen-bond donors (Lipinski definition) is 1. The first-order valence-electron chi connectivity index (χ1n) is 4.50. The first kappa shape index (κ1) is 10.3. The smallest absolute Gasteiger partial charge is 0.130 e. The van der Waals surface area contributed by atoms with Gasteiger partial charge in [0.1, 0.15) is 10.5 Å². The van der Waals surface area contributed by atoms with Crippen LogP contribution in [-0.2, 0) is 0 Å². The van der Waals surface area contributed by atoms with Gasteiger partial charge in [0.25, 0.3) is 0 Å². The topological polar surface area (TPSA) is 28.7 Å². The highest BCUT2D eigenvalue weighted by atomic mass is 35.5. The van der Waals surface area contributed by atoms with E-state index in [0.717, 1.165) is 17.1 Å². The highest BCUT2D eigenvalue weighted by Crippen LogP contribution is 2.25. The number of aryl methyl sites for hydroxylation is 1. The van der Waals surface area contributed by atoms with Crippen molar-refractivity contribution in [2.45, 2.75) is 6.92 Å². The van der Waals surface area contributed by atoms with Crippen LogP contribution >= 0.6 is 23.8 Å². The van der Waals surface area contributed by atoms with Gasteiger partial charge in [-0.1, -0.05) is 42.0 Å². The van der Waals surface area contributed by atoms with Gasteiger partial charge in [-0.2, -0.15) is 0 Å². The fraction of sp³-hybridized carbons (Fsp3) is 0.0909. The molecule has 1 heterocycles. The summed E-state index contributed by atoms with van der Waals surface area (Å²) in [4.78, 5) is 7.25. The van der Waals surface area contributed by atoms with Gasteiger partial charge in [0.05, 0.1) is 5.69 Å². The fourth-order valence-electron chi connectivity index (χ4n) is 1.40. The molecule has 2 rings (SSSR count). The molecule has 0 fully saturated rings. The highest BCUT2D eigenvalue weighted by molar-refractivity contribution is 7.71. The van der Waals surface area contributed by atoms with Gasteiger partial charge in [0, 0.05) is 10.6 Å². The van der Waals surface area contributed by atoms with E-state index in [-0.39, 0.29) is 0 Å². The fourth-order valence-corrected chi connectivity index (χ4v) is 1.90. The maximum atomic E-state index is 6.09. The molecule has 0 aliphatic heterocycles. The molecular formula is C11H9ClN2S. The van der Waals surface area contributed by atoms with E-state index in [1.807, 2.05) is 37.3 Å². The van der Waals surface area contributed by atoms with E-state index in [1.165, 1.54) is 0 Å². The second-order valence-electron chi connectivity index (χ2n) is 3.20. The minimum absolute atomic E-state index is 0.571. The van der Waals surface area contributed by atoms with Crippen molar-refractivity contribution in [1.29, 1.82) is 0 Å². The summed E-state index contributed by atoms with van der Waals surface area (Å²) in [5.41, 5.74) is 1.84. The summed E-state index contributed by atoms with van der Waals surface area (Å²) in [6.07, 6.45) is 0. The lowest BCUT2D eigenvalue weighted by Crippen LogP contribution is -1.91. The van der Waals surface area contributed by atoms with Crippen LogP contribution in [0.3, 0.4) is 0 Å². The predicted molar refractivity (Wildman–Crippen MR) is 64.6 cm³/mol. The van der Waals surface area contributed by atoms with Gasteiger partial charge >= 0.3 is 0 Å². The molecule has 0 radical (unpaired) electrons. The Balaban J connectivity index is 2.64. The molecule has 0 saturated carbocycles. The highest BCUT2D eigenvalue weighted by Gasteiger charge is 2.03. The summed E-state index contributed by atoms with van der Waals surface area (Å²) in [7, 11) is 0. The van der Waals surface area contributed by atoms with Crippen LogP contribution in [0.25, 0.3) is 11.3 Å². The Bertz CT molecular complexity index is 548. The molecule has 0 atom stereocenters. The lowest BCUT2D eigenvalue weighted by Gasteiger charge is -2.05. The number of aromatic nitrogens is 2. The molecule has 0 spiro atoms. The van der Waals surface area contributed by atoms with E-state index in [9.17, 15) is 0 Å². The van der Waals surface area contributed by atoms with Crippen molar-refractivity contribution in [1.82, 2.24) is 9.97 Å². The van der Waals surface area contributed by atoms with Crippen LogP contribution in [0.4, 0.5) is 0 Å². The van der Waals surface area contributed by atoms with Crippen LogP contribution in [0, 0.1) is 11.6 Å². The van der Waals surface area contributed by atoms with Crippen molar-refractivity contribution >= 4 is 23.8 Å². The van der Waals surface area contributed by atoms with E-state index in [4.69, 9.17) is 23.8 Å².